The molecule has 1 fully saturated rings. The summed E-state index contributed by atoms with van der Waals surface area (Å²) in [5.41, 5.74) is 1.24. The smallest absolute Gasteiger partial charge is 0.279 e. The van der Waals surface area contributed by atoms with Crippen LogP contribution in [0, 0.1) is 0 Å². The monoisotopic (exact) mass is 487 g/mol. The van der Waals surface area contributed by atoms with Gasteiger partial charge in [-0.25, -0.2) is 8.42 Å². The van der Waals surface area contributed by atoms with Crippen molar-refractivity contribution in [2.75, 3.05) is 13.7 Å². The van der Waals surface area contributed by atoms with E-state index >= 15 is 0 Å². The Balaban J connectivity index is 1.60. The van der Waals surface area contributed by atoms with Gasteiger partial charge in [0.15, 0.2) is 4.80 Å². The summed E-state index contributed by atoms with van der Waals surface area (Å²) in [5.74, 6) is 0.332. The van der Waals surface area contributed by atoms with Crippen molar-refractivity contribution in [1.29, 1.82) is 0 Å². The zero-order valence-corrected chi connectivity index (χ0v) is 20.8. The van der Waals surface area contributed by atoms with Gasteiger partial charge >= 0.3 is 0 Å². The number of hydrogen-bond donors (Lipinski definition) is 0. The van der Waals surface area contributed by atoms with E-state index in [4.69, 9.17) is 4.74 Å². The lowest BCUT2D eigenvalue weighted by atomic mass is 9.96. The summed E-state index contributed by atoms with van der Waals surface area (Å²) >= 11 is 1.41. The molecule has 9 heteroatoms. The quantitative estimate of drug-likeness (QED) is 0.518. The molecule has 3 aromatic rings. The normalized spacial score (nSPS) is 15.9. The largest absolute Gasteiger partial charge is 0.492 e. The van der Waals surface area contributed by atoms with Gasteiger partial charge in [-0.15, -0.1) is 0 Å². The molecule has 0 saturated heterocycles. The molecular weight excluding hydrogens is 458 g/mol. The lowest BCUT2D eigenvalue weighted by molar-refractivity contribution is 0.0998. The number of ether oxygens (including phenoxy) is 1. The van der Waals surface area contributed by atoms with Crippen molar-refractivity contribution in [2.24, 2.45) is 12.0 Å². The summed E-state index contributed by atoms with van der Waals surface area (Å²) in [7, 11) is -0.0969. The molecule has 33 heavy (non-hydrogen) atoms. The van der Waals surface area contributed by atoms with Gasteiger partial charge in [0.25, 0.3) is 5.91 Å². The molecule has 0 N–H and O–H groups in total. The van der Waals surface area contributed by atoms with E-state index in [1.54, 1.807) is 7.05 Å². The lowest BCUT2D eigenvalue weighted by Crippen LogP contribution is -2.38. The van der Waals surface area contributed by atoms with Crippen LogP contribution in [0.5, 0.6) is 5.75 Å². The zero-order valence-electron chi connectivity index (χ0n) is 19.2. The Kier molecular flexibility index (Phi) is 7.02. The van der Waals surface area contributed by atoms with Gasteiger partial charge < -0.3 is 9.30 Å². The van der Waals surface area contributed by atoms with E-state index in [2.05, 4.69) is 4.99 Å². The van der Waals surface area contributed by atoms with Crippen molar-refractivity contribution < 1.29 is 17.9 Å². The van der Waals surface area contributed by atoms with Gasteiger partial charge in [-0.2, -0.15) is 9.30 Å². The Hall–Kier alpha value is -2.49. The predicted molar refractivity (Wildman–Crippen MR) is 130 cm³/mol. The Morgan fingerprint density at radius 2 is 1.85 bits per heavy atom. The molecular formula is C24H29N3O4S2. The first-order chi connectivity index (χ1) is 15.8. The predicted octanol–water partition coefficient (Wildman–Crippen LogP) is 4.33. The maximum absolute atomic E-state index is 13.0. The van der Waals surface area contributed by atoms with Crippen LogP contribution < -0.4 is 9.54 Å². The number of carbonyl (C=O) groups excluding carboxylic acids is 1. The third-order valence-corrected chi connectivity index (χ3v) is 9.17. The number of sulfonamides is 1. The van der Waals surface area contributed by atoms with E-state index in [1.165, 1.54) is 39.9 Å². The summed E-state index contributed by atoms with van der Waals surface area (Å²) < 4.78 is 36.1. The Morgan fingerprint density at radius 1 is 1.15 bits per heavy atom. The highest BCUT2D eigenvalue weighted by Crippen LogP contribution is 2.28. The molecule has 0 bridgehead atoms. The molecule has 176 valence electrons. The molecule has 0 atom stereocenters. The van der Waals surface area contributed by atoms with Crippen LogP contribution in [0.3, 0.4) is 0 Å². The molecule has 0 radical (unpaired) electrons. The van der Waals surface area contributed by atoms with Gasteiger partial charge in [-0.05, 0) is 56.2 Å². The fourth-order valence-electron chi connectivity index (χ4n) is 4.28. The highest BCUT2D eigenvalue weighted by molar-refractivity contribution is 7.89. The van der Waals surface area contributed by atoms with E-state index in [0.717, 1.165) is 48.1 Å². The van der Waals surface area contributed by atoms with E-state index in [9.17, 15) is 13.2 Å². The summed E-state index contributed by atoms with van der Waals surface area (Å²) in [5, 5.41) is 0. The standard InChI is InChI=1S/C24H29N3O4S2/c1-4-31-20-11-8-12-21-22(20)26(2)24(32-21)25-23(28)17-13-15-19(16-14-17)33(29,30)27(3)18-9-6-5-7-10-18/h8,11-16,18H,4-7,9-10H2,1-3H3. The van der Waals surface area contributed by atoms with Crippen molar-refractivity contribution in [3.05, 3.63) is 52.8 Å². The van der Waals surface area contributed by atoms with Crippen molar-refractivity contribution >= 4 is 37.5 Å². The lowest BCUT2D eigenvalue weighted by Gasteiger charge is -2.30. The number of amides is 1. The van der Waals surface area contributed by atoms with Crippen molar-refractivity contribution in [2.45, 2.75) is 50.0 Å². The van der Waals surface area contributed by atoms with Gasteiger partial charge in [0.2, 0.25) is 10.0 Å². The number of aryl methyl sites for hydroxylation is 1. The van der Waals surface area contributed by atoms with Crippen LogP contribution in [-0.4, -0.2) is 42.9 Å². The van der Waals surface area contributed by atoms with Crippen LogP contribution in [0.25, 0.3) is 10.2 Å². The molecule has 2 aromatic carbocycles. The van der Waals surface area contributed by atoms with Crippen molar-refractivity contribution in [3.63, 3.8) is 0 Å². The maximum Gasteiger partial charge on any atom is 0.279 e. The summed E-state index contributed by atoms with van der Waals surface area (Å²) in [6.45, 7) is 2.47. The SMILES string of the molecule is CCOc1cccc2sc(=NC(=O)c3ccc(S(=O)(=O)N(C)C4CCCCC4)cc3)n(C)c12. The van der Waals surface area contributed by atoms with Crippen molar-refractivity contribution in [3.8, 4) is 5.75 Å². The molecule has 1 saturated carbocycles. The minimum atomic E-state index is -3.60. The van der Waals surface area contributed by atoms with E-state index in [-0.39, 0.29) is 10.9 Å². The fourth-order valence-corrected chi connectivity index (χ4v) is 6.73. The average molecular weight is 488 g/mol. The molecule has 4 rings (SSSR count). The molecule has 7 nitrogen and oxygen atoms in total. The zero-order chi connectivity index (χ0) is 23.6. The minimum Gasteiger partial charge on any atom is -0.492 e. The third kappa shape index (κ3) is 4.76. The molecule has 1 amide bonds. The van der Waals surface area contributed by atoms with Crippen LogP contribution >= 0.6 is 11.3 Å². The van der Waals surface area contributed by atoms with Crippen LogP contribution in [0.1, 0.15) is 49.4 Å². The van der Waals surface area contributed by atoms with Gasteiger partial charge in [0.1, 0.15) is 11.3 Å². The van der Waals surface area contributed by atoms with Gasteiger partial charge in [0.05, 0.1) is 16.2 Å². The Labute approximate surface area is 198 Å². The van der Waals surface area contributed by atoms with E-state index < -0.39 is 15.9 Å². The topological polar surface area (TPSA) is 81.0 Å². The second-order valence-electron chi connectivity index (χ2n) is 8.23. The first-order valence-corrected chi connectivity index (χ1v) is 13.5. The maximum atomic E-state index is 13.0. The first kappa shape index (κ1) is 23.7. The second-order valence-corrected chi connectivity index (χ2v) is 11.2. The number of rotatable bonds is 6. The Bertz CT molecular complexity index is 1320. The summed E-state index contributed by atoms with van der Waals surface area (Å²) in [4.78, 5) is 17.9. The second kappa shape index (κ2) is 9.79. The highest BCUT2D eigenvalue weighted by Gasteiger charge is 2.29. The van der Waals surface area contributed by atoms with Gasteiger partial charge in [-0.1, -0.05) is 36.7 Å². The molecule has 1 aliphatic carbocycles. The number of benzene rings is 2. The summed E-state index contributed by atoms with van der Waals surface area (Å²) in [6.07, 6.45) is 5.06. The van der Waals surface area contributed by atoms with Crippen LogP contribution in [0.15, 0.2) is 52.4 Å². The number of thiazole rings is 1. The van der Waals surface area contributed by atoms with E-state index in [1.807, 2.05) is 36.7 Å². The highest BCUT2D eigenvalue weighted by atomic mass is 32.2. The van der Waals surface area contributed by atoms with Crippen LogP contribution in [0.4, 0.5) is 0 Å². The molecule has 0 aliphatic heterocycles. The first-order valence-electron chi connectivity index (χ1n) is 11.2. The van der Waals surface area contributed by atoms with Crippen molar-refractivity contribution in [1.82, 2.24) is 8.87 Å². The Morgan fingerprint density at radius 3 is 2.52 bits per heavy atom. The van der Waals surface area contributed by atoms with E-state index in [0.29, 0.717) is 17.0 Å². The van der Waals surface area contributed by atoms with Crippen LogP contribution in [-0.2, 0) is 17.1 Å². The fraction of sp³-hybridized carbons (Fsp3) is 0.417. The molecule has 1 aromatic heterocycles. The molecule has 1 aliphatic rings. The van der Waals surface area contributed by atoms with Gasteiger partial charge in [-0.3, -0.25) is 4.79 Å². The minimum absolute atomic E-state index is 0.0367. The number of hydrogen-bond acceptors (Lipinski definition) is 5. The molecule has 1 heterocycles. The van der Waals surface area contributed by atoms with Crippen LogP contribution in [0.2, 0.25) is 0 Å². The van der Waals surface area contributed by atoms with Gasteiger partial charge in [0, 0.05) is 25.7 Å². The molecule has 0 unspecified atom stereocenters. The number of nitrogens with zero attached hydrogens (tertiary/aromatic N) is 3. The third-order valence-electron chi connectivity index (χ3n) is 6.15. The number of para-hydroxylation sites is 1. The number of carbonyl (C=O) groups is 1. The molecule has 0 spiro atoms. The summed E-state index contributed by atoms with van der Waals surface area (Å²) in [6, 6.07) is 11.9. The average Bonchev–Trinajstić information content (AvgIpc) is 3.15. The number of fused-ring (bicyclic) bond motifs is 1. The number of aromatic nitrogens is 1.